The van der Waals surface area contributed by atoms with Crippen LogP contribution in [0.15, 0.2) is 60.7 Å². The van der Waals surface area contributed by atoms with Crippen LogP contribution in [0.4, 0.5) is 31.5 Å². The molecular formula is C38H46F2N6O2. The van der Waals surface area contributed by atoms with E-state index >= 15 is 0 Å². The van der Waals surface area contributed by atoms with Crippen molar-refractivity contribution in [2.45, 2.75) is 70.1 Å². The number of carbonyl (C=O) groups is 2. The maximum absolute atomic E-state index is 14.6. The quantitative estimate of drug-likeness (QED) is 0.288. The second kappa shape index (κ2) is 13.8. The van der Waals surface area contributed by atoms with Crippen LogP contribution in [0.1, 0.15) is 61.4 Å². The molecule has 48 heavy (non-hydrogen) atoms. The van der Waals surface area contributed by atoms with Crippen LogP contribution in [0.5, 0.6) is 0 Å². The molecule has 2 aliphatic heterocycles. The number of nitrogens with zero attached hydrogens (tertiary/aromatic N) is 4. The van der Waals surface area contributed by atoms with E-state index in [0.29, 0.717) is 23.0 Å². The van der Waals surface area contributed by atoms with Gasteiger partial charge in [-0.2, -0.15) is 0 Å². The molecule has 2 aliphatic carbocycles. The number of halogens is 2. The molecule has 3 fully saturated rings. The van der Waals surface area contributed by atoms with Crippen LogP contribution in [0.2, 0.25) is 0 Å². The third kappa shape index (κ3) is 7.05. The van der Waals surface area contributed by atoms with Gasteiger partial charge in [-0.25, -0.2) is 8.78 Å². The second-order valence-electron chi connectivity index (χ2n) is 14.1. The Kier molecular flexibility index (Phi) is 9.38. The smallest absolute Gasteiger partial charge is 0.251 e. The fourth-order valence-corrected chi connectivity index (χ4v) is 7.63. The van der Waals surface area contributed by atoms with Crippen molar-refractivity contribution < 1.29 is 18.4 Å². The Balaban J connectivity index is 0.947. The lowest BCUT2D eigenvalue weighted by atomic mass is 9.89. The monoisotopic (exact) mass is 656 g/mol. The third-order valence-corrected chi connectivity index (χ3v) is 10.8. The lowest BCUT2D eigenvalue weighted by Crippen LogP contribution is -2.52. The van der Waals surface area contributed by atoms with E-state index in [1.54, 1.807) is 23.8 Å². The Hall–Kier alpha value is -4.02. The number of fused-ring (bicyclic) bond motifs is 1. The Labute approximate surface area is 282 Å². The number of anilines is 4. The zero-order valence-corrected chi connectivity index (χ0v) is 27.9. The molecule has 2 saturated carbocycles. The molecule has 2 amide bonds. The molecule has 2 heterocycles. The van der Waals surface area contributed by atoms with Gasteiger partial charge in [0.1, 0.15) is 17.7 Å². The van der Waals surface area contributed by atoms with Gasteiger partial charge in [0.05, 0.1) is 11.4 Å². The first-order valence-electron chi connectivity index (χ1n) is 17.5. The van der Waals surface area contributed by atoms with E-state index in [1.165, 1.54) is 63.8 Å². The fraction of sp³-hybridized carbons (Fsp3) is 0.474. The Morgan fingerprint density at radius 3 is 2.17 bits per heavy atom. The lowest BCUT2D eigenvalue weighted by molar-refractivity contribution is -0.119. The van der Waals surface area contributed by atoms with Gasteiger partial charge in [0, 0.05) is 80.9 Å². The minimum atomic E-state index is -0.644. The van der Waals surface area contributed by atoms with Crippen molar-refractivity contribution >= 4 is 34.6 Å². The Morgan fingerprint density at radius 2 is 1.50 bits per heavy atom. The normalized spacial score (nSPS) is 23.6. The van der Waals surface area contributed by atoms with Crippen molar-refractivity contribution in [1.82, 2.24) is 15.1 Å². The fourth-order valence-electron chi connectivity index (χ4n) is 7.63. The zero-order chi connectivity index (χ0) is 33.4. The van der Waals surface area contributed by atoms with E-state index in [2.05, 4.69) is 20.4 Å². The molecule has 0 spiro atoms. The van der Waals surface area contributed by atoms with Crippen LogP contribution in [-0.2, 0) is 11.3 Å². The van der Waals surface area contributed by atoms with Gasteiger partial charge >= 0.3 is 0 Å². The first-order chi connectivity index (χ1) is 23.2. The molecule has 1 atom stereocenters. The van der Waals surface area contributed by atoms with E-state index in [4.69, 9.17) is 0 Å². The number of piperazine rings is 1. The molecule has 2 N–H and O–H groups in total. The molecule has 254 valence electrons. The number of benzene rings is 3. The van der Waals surface area contributed by atoms with Gasteiger partial charge in [0.25, 0.3) is 5.91 Å². The number of amides is 2. The summed E-state index contributed by atoms with van der Waals surface area (Å²) < 4.78 is 29.2. The molecule has 4 aliphatic rings. The standard InChI is InChI=1S/C38H46F2N6O2/c1-25-38(48)43(2)35-17-14-30(22-36(35)46(25)24-32-33(39)4-3-5-34(32)40)41-28-10-8-27(9-11-28)37(47)42-29-12-15-31(16-13-29)45-20-18-44(19-21-45)23-26-6-7-26/h3-5,8-11,14,17,22,25-26,29,31,41H,6-7,12-13,15-16,18-21,23-24H2,1-2H3,(H,42,47). The predicted octanol–water partition coefficient (Wildman–Crippen LogP) is 6.15. The van der Waals surface area contributed by atoms with Gasteiger partial charge in [-0.15, -0.1) is 0 Å². The molecule has 0 bridgehead atoms. The van der Waals surface area contributed by atoms with Gasteiger partial charge in [0.2, 0.25) is 5.91 Å². The summed E-state index contributed by atoms with van der Waals surface area (Å²) in [6.07, 6.45) is 7.12. The number of nitrogens with one attached hydrogen (secondary N) is 2. The van der Waals surface area contributed by atoms with Crippen molar-refractivity contribution in [3.8, 4) is 0 Å². The molecule has 3 aromatic carbocycles. The summed E-state index contributed by atoms with van der Waals surface area (Å²) in [6.45, 7) is 7.67. The molecule has 0 aromatic heterocycles. The molecule has 3 aromatic rings. The largest absolute Gasteiger partial charge is 0.355 e. The second-order valence-corrected chi connectivity index (χ2v) is 14.1. The van der Waals surface area contributed by atoms with Crippen LogP contribution in [0.25, 0.3) is 0 Å². The predicted molar refractivity (Wildman–Crippen MR) is 186 cm³/mol. The van der Waals surface area contributed by atoms with E-state index in [9.17, 15) is 18.4 Å². The highest BCUT2D eigenvalue weighted by Crippen LogP contribution is 2.39. The molecular weight excluding hydrogens is 610 g/mol. The molecule has 0 radical (unpaired) electrons. The maximum atomic E-state index is 14.6. The van der Waals surface area contributed by atoms with Gasteiger partial charge in [0.15, 0.2) is 0 Å². The average molecular weight is 657 g/mol. The number of hydrogen-bond acceptors (Lipinski definition) is 6. The molecule has 8 nitrogen and oxygen atoms in total. The highest BCUT2D eigenvalue weighted by molar-refractivity contribution is 6.05. The topological polar surface area (TPSA) is 71.2 Å². The summed E-state index contributed by atoms with van der Waals surface area (Å²) in [5.41, 5.74) is 3.44. The Morgan fingerprint density at radius 1 is 0.833 bits per heavy atom. The third-order valence-electron chi connectivity index (χ3n) is 10.8. The molecule has 1 saturated heterocycles. The van der Waals surface area contributed by atoms with E-state index in [-0.39, 0.29) is 30.0 Å². The van der Waals surface area contributed by atoms with Crippen LogP contribution in [0, 0.1) is 17.6 Å². The van der Waals surface area contributed by atoms with E-state index in [1.807, 2.05) is 42.5 Å². The average Bonchev–Trinajstić information content (AvgIpc) is 3.92. The van der Waals surface area contributed by atoms with Gasteiger partial charge in [-0.05, 0) is 106 Å². The van der Waals surface area contributed by atoms with Crippen molar-refractivity contribution in [2.24, 2.45) is 5.92 Å². The summed E-state index contributed by atoms with van der Waals surface area (Å²) in [5.74, 6) is -0.537. The van der Waals surface area contributed by atoms with Crippen LogP contribution < -0.4 is 20.4 Å². The summed E-state index contributed by atoms with van der Waals surface area (Å²) in [5, 5.41) is 6.65. The minimum Gasteiger partial charge on any atom is -0.355 e. The summed E-state index contributed by atoms with van der Waals surface area (Å²) in [4.78, 5) is 34.8. The molecule has 1 unspecified atom stereocenters. The van der Waals surface area contributed by atoms with Gasteiger partial charge in [-0.1, -0.05) is 6.07 Å². The zero-order valence-electron chi connectivity index (χ0n) is 27.9. The first-order valence-corrected chi connectivity index (χ1v) is 17.5. The summed E-state index contributed by atoms with van der Waals surface area (Å²) in [7, 11) is 1.71. The Bertz CT molecular complexity index is 1610. The van der Waals surface area contributed by atoms with E-state index in [0.717, 1.165) is 43.0 Å². The lowest BCUT2D eigenvalue weighted by Gasteiger charge is -2.42. The molecule has 10 heteroatoms. The number of rotatable bonds is 9. The first kappa shape index (κ1) is 32.5. The SMILES string of the molecule is CC1C(=O)N(C)c2ccc(Nc3ccc(C(=O)NC4CCC(N5CCN(CC6CC6)CC5)CC4)cc3)cc2N1Cc1c(F)cccc1F. The molecule has 7 rings (SSSR count). The highest BCUT2D eigenvalue weighted by atomic mass is 19.1. The summed E-state index contributed by atoms with van der Waals surface area (Å²) in [6, 6.07) is 17.0. The maximum Gasteiger partial charge on any atom is 0.251 e. The highest BCUT2D eigenvalue weighted by Gasteiger charge is 2.35. The van der Waals surface area contributed by atoms with Crippen molar-refractivity contribution in [3.05, 3.63) is 83.4 Å². The van der Waals surface area contributed by atoms with Gasteiger partial charge < -0.3 is 25.3 Å². The van der Waals surface area contributed by atoms with E-state index < -0.39 is 17.7 Å². The number of hydrogen-bond donors (Lipinski definition) is 2. The number of likely N-dealkylation sites (N-methyl/N-ethyl adjacent to an activating group) is 1. The van der Waals surface area contributed by atoms with Gasteiger partial charge in [-0.3, -0.25) is 14.5 Å². The minimum absolute atomic E-state index is 0.0508. The van der Waals surface area contributed by atoms with Crippen LogP contribution in [0.3, 0.4) is 0 Å². The van der Waals surface area contributed by atoms with Crippen LogP contribution in [-0.4, -0.2) is 79.5 Å². The van der Waals surface area contributed by atoms with Crippen molar-refractivity contribution in [2.75, 3.05) is 54.9 Å². The van der Waals surface area contributed by atoms with Crippen molar-refractivity contribution in [1.29, 1.82) is 0 Å². The number of carbonyl (C=O) groups excluding carboxylic acids is 2. The summed E-state index contributed by atoms with van der Waals surface area (Å²) >= 11 is 0. The van der Waals surface area contributed by atoms with Crippen molar-refractivity contribution in [3.63, 3.8) is 0 Å². The van der Waals surface area contributed by atoms with Crippen LogP contribution >= 0.6 is 0 Å².